The van der Waals surface area contributed by atoms with Gasteiger partial charge in [-0.25, -0.2) is 8.42 Å². The summed E-state index contributed by atoms with van der Waals surface area (Å²) in [4.78, 5) is 25.5. The van der Waals surface area contributed by atoms with Gasteiger partial charge in [0.2, 0.25) is 5.91 Å². The van der Waals surface area contributed by atoms with Crippen molar-refractivity contribution in [2.45, 2.75) is 50.7 Å². The van der Waals surface area contributed by atoms with Crippen LogP contribution in [0.2, 0.25) is 0 Å². The van der Waals surface area contributed by atoms with E-state index in [1.807, 2.05) is 6.92 Å². The Labute approximate surface area is 125 Å². The van der Waals surface area contributed by atoms with E-state index in [1.165, 1.54) is 4.90 Å². The second-order valence-corrected chi connectivity index (χ2v) is 8.50. The van der Waals surface area contributed by atoms with Crippen molar-refractivity contribution < 1.29 is 23.1 Å². The van der Waals surface area contributed by atoms with E-state index in [2.05, 4.69) is 0 Å². The van der Waals surface area contributed by atoms with Gasteiger partial charge in [0.25, 0.3) is 0 Å². The molecule has 21 heavy (non-hydrogen) atoms. The van der Waals surface area contributed by atoms with Crippen molar-refractivity contribution in [3.8, 4) is 0 Å². The predicted molar refractivity (Wildman–Crippen MR) is 77.6 cm³/mol. The number of nitrogens with zero attached hydrogens (tertiary/aromatic N) is 1. The number of rotatable bonds is 4. The molecule has 0 radical (unpaired) electrons. The third-order valence-electron chi connectivity index (χ3n) is 4.70. The molecule has 120 valence electrons. The molecule has 1 amide bonds. The molecule has 0 aromatic rings. The minimum absolute atomic E-state index is 0.0658. The molecule has 0 saturated carbocycles. The number of carbonyl (C=O) groups excluding carboxylic acids is 1. The topological polar surface area (TPSA) is 91.8 Å². The van der Waals surface area contributed by atoms with Gasteiger partial charge in [0, 0.05) is 13.1 Å². The monoisotopic (exact) mass is 317 g/mol. The van der Waals surface area contributed by atoms with Crippen molar-refractivity contribution in [2.24, 2.45) is 5.41 Å². The fraction of sp³-hybridized carbons (Fsp3) is 0.857. The largest absolute Gasteiger partial charge is 0.481 e. The Balaban J connectivity index is 2.13. The SMILES string of the molecule is CCCC1(C(=O)O)CCN(C(=O)C2CCCCS2(=O)=O)C1. The van der Waals surface area contributed by atoms with Gasteiger partial charge in [-0.2, -0.15) is 0 Å². The van der Waals surface area contributed by atoms with Gasteiger partial charge in [0.1, 0.15) is 5.25 Å². The van der Waals surface area contributed by atoms with E-state index >= 15 is 0 Å². The van der Waals surface area contributed by atoms with Crippen LogP contribution in [0.3, 0.4) is 0 Å². The normalized spacial score (nSPS) is 32.0. The molecule has 2 unspecified atom stereocenters. The molecule has 6 nitrogen and oxygen atoms in total. The van der Waals surface area contributed by atoms with Gasteiger partial charge < -0.3 is 10.0 Å². The van der Waals surface area contributed by atoms with Crippen LogP contribution >= 0.6 is 0 Å². The van der Waals surface area contributed by atoms with E-state index in [9.17, 15) is 23.1 Å². The summed E-state index contributed by atoms with van der Waals surface area (Å²) in [6.45, 7) is 2.40. The van der Waals surface area contributed by atoms with Crippen LogP contribution in [0, 0.1) is 5.41 Å². The average Bonchev–Trinajstić information content (AvgIpc) is 2.84. The lowest BCUT2D eigenvalue weighted by atomic mass is 9.83. The number of sulfone groups is 1. The number of likely N-dealkylation sites (tertiary alicyclic amines) is 1. The van der Waals surface area contributed by atoms with Crippen LogP contribution in [0.25, 0.3) is 0 Å². The van der Waals surface area contributed by atoms with Crippen molar-refractivity contribution in [3.63, 3.8) is 0 Å². The van der Waals surface area contributed by atoms with Crippen LogP contribution in [-0.2, 0) is 19.4 Å². The summed E-state index contributed by atoms with van der Waals surface area (Å²) in [7, 11) is -3.37. The summed E-state index contributed by atoms with van der Waals surface area (Å²) in [6, 6.07) is 0. The standard InChI is InChI=1S/C14H23NO5S/c1-2-6-14(13(17)18)7-8-15(10-14)12(16)11-5-3-4-9-21(11,19)20/h11H,2-10H2,1H3,(H,17,18). The molecular weight excluding hydrogens is 294 g/mol. The van der Waals surface area contributed by atoms with Crippen molar-refractivity contribution >= 4 is 21.7 Å². The van der Waals surface area contributed by atoms with Crippen molar-refractivity contribution in [1.82, 2.24) is 4.90 Å². The molecule has 2 atom stereocenters. The van der Waals surface area contributed by atoms with Crippen molar-refractivity contribution in [2.75, 3.05) is 18.8 Å². The second kappa shape index (κ2) is 5.94. The molecule has 0 spiro atoms. The molecule has 0 aliphatic carbocycles. The van der Waals surface area contributed by atoms with E-state index in [0.29, 0.717) is 32.2 Å². The number of amides is 1. The number of hydrogen-bond acceptors (Lipinski definition) is 4. The summed E-state index contributed by atoms with van der Waals surface area (Å²) < 4.78 is 24.1. The highest BCUT2D eigenvalue weighted by Crippen LogP contribution is 2.36. The molecule has 1 N–H and O–H groups in total. The van der Waals surface area contributed by atoms with Gasteiger partial charge in [0.15, 0.2) is 9.84 Å². The fourth-order valence-electron chi connectivity index (χ4n) is 3.46. The Morgan fingerprint density at radius 1 is 1.33 bits per heavy atom. The zero-order valence-electron chi connectivity index (χ0n) is 12.4. The first-order chi connectivity index (χ1) is 9.82. The maximum atomic E-state index is 12.5. The third kappa shape index (κ3) is 3.07. The zero-order chi connectivity index (χ0) is 15.7. The van der Waals surface area contributed by atoms with E-state index < -0.39 is 32.4 Å². The molecule has 2 saturated heterocycles. The number of hydrogen-bond donors (Lipinski definition) is 1. The number of aliphatic carboxylic acids is 1. The Bertz CT molecular complexity index is 529. The van der Waals surface area contributed by atoms with Crippen molar-refractivity contribution in [3.05, 3.63) is 0 Å². The third-order valence-corrected chi connectivity index (χ3v) is 6.86. The summed E-state index contributed by atoms with van der Waals surface area (Å²) in [6.07, 6.45) is 3.38. The van der Waals surface area contributed by atoms with Crippen LogP contribution < -0.4 is 0 Å². The molecule has 2 aliphatic rings. The Morgan fingerprint density at radius 2 is 2.05 bits per heavy atom. The Kier molecular flexibility index (Phi) is 4.60. The Morgan fingerprint density at radius 3 is 2.62 bits per heavy atom. The summed E-state index contributed by atoms with van der Waals surface area (Å²) in [5, 5.41) is 8.49. The zero-order valence-corrected chi connectivity index (χ0v) is 13.2. The lowest BCUT2D eigenvalue weighted by Crippen LogP contribution is -2.46. The molecule has 0 aromatic carbocycles. The smallest absolute Gasteiger partial charge is 0.311 e. The van der Waals surface area contributed by atoms with E-state index in [-0.39, 0.29) is 12.3 Å². The van der Waals surface area contributed by atoms with Gasteiger partial charge in [-0.05, 0) is 25.7 Å². The molecule has 2 rings (SSSR count). The lowest BCUT2D eigenvalue weighted by molar-refractivity contribution is -0.149. The molecule has 2 heterocycles. The minimum Gasteiger partial charge on any atom is -0.481 e. The first kappa shape index (κ1) is 16.3. The van der Waals surface area contributed by atoms with Gasteiger partial charge in [-0.1, -0.05) is 19.8 Å². The first-order valence-electron chi connectivity index (χ1n) is 7.56. The maximum absolute atomic E-state index is 12.5. The van der Waals surface area contributed by atoms with Crippen LogP contribution in [0.5, 0.6) is 0 Å². The van der Waals surface area contributed by atoms with E-state index in [1.54, 1.807) is 0 Å². The maximum Gasteiger partial charge on any atom is 0.311 e. The van der Waals surface area contributed by atoms with Crippen LogP contribution in [0.15, 0.2) is 0 Å². The average molecular weight is 317 g/mol. The highest BCUT2D eigenvalue weighted by Gasteiger charge is 2.48. The molecule has 2 aliphatic heterocycles. The van der Waals surface area contributed by atoms with E-state index in [4.69, 9.17) is 0 Å². The summed E-state index contributed by atoms with van der Waals surface area (Å²) in [5.41, 5.74) is -0.900. The van der Waals surface area contributed by atoms with Crippen LogP contribution in [0.1, 0.15) is 45.4 Å². The van der Waals surface area contributed by atoms with Gasteiger partial charge in [0.05, 0.1) is 11.2 Å². The summed E-state index contributed by atoms with van der Waals surface area (Å²) in [5.74, 6) is -1.21. The van der Waals surface area contributed by atoms with Crippen LogP contribution in [-0.4, -0.2) is 54.4 Å². The number of carboxylic acid groups (broad SMARTS) is 1. The van der Waals surface area contributed by atoms with Gasteiger partial charge >= 0.3 is 5.97 Å². The van der Waals surface area contributed by atoms with Crippen molar-refractivity contribution in [1.29, 1.82) is 0 Å². The van der Waals surface area contributed by atoms with E-state index in [0.717, 1.165) is 12.8 Å². The summed E-state index contributed by atoms with van der Waals surface area (Å²) >= 11 is 0. The molecule has 7 heteroatoms. The highest BCUT2D eigenvalue weighted by molar-refractivity contribution is 7.92. The quantitative estimate of drug-likeness (QED) is 0.837. The minimum atomic E-state index is -3.37. The Hall–Kier alpha value is -1.11. The van der Waals surface area contributed by atoms with Gasteiger partial charge in [-0.3, -0.25) is 9.59 Å². The molecule has 2 fully saturated rings. The lowest BCUT2D eigenvalue weighted by Gasteiger charge is -2.28. The highest BCUT2D eigenvalue weighted by atomic mass is 32.2. The predicted octanol–water partition coefficient (Wildman–Crippen LogP) is 1.06. The first-order valence-corrected chi connectivity index (χ1v) is 9.28. The van der Waals surface area contributed by atoms with Crippen LogP contribution in [0.4, 0.5) is 0 Å². The van der Waals surface area contributed by atoms with Gasteiger partial charge in [-0.15, -0.1) is 0 Å². The second-order valence-electron chi connectivity index (χ2n) is 6.20. The molecule has 0 bridgehead atoms. The number of carbonyl (C=O) groups is 2. The number of carboxylic acids is 1. The molecule has 0 aromatic heterocycles. The molecular formula is C14H23NO5S. The fourth-order valence-corrected chi connectivity index (χ4v) is 5.33.